The van der Waals surface area contributed by atoms with Gasteiger partial charge in [-0.05, 0) is 31.2 Å². The third-order valence-corrected chi connectivity index (χ3v) is 4.00. The number of methoxy groups -OCH3 is 2. The van der Waals surface area contributed by atoms with Crippen molar-refractivity contribution in [2.45, 2.75) is 25.0 Å². The first kappa shape index (κ1) is 15.2. The van der Waals surface area contributed by atoms with Crippen LogP contribution in [0.25, 0.3) is 0 Å². The zero-order valence-corrected chi connectivity index (χ0v) is 13.3. The molecule has 1 aromatic heterocycles. The summed E-state index contributed by atoms with van der Waals surface area (Å²) in [6.07, 6.45) is 2.15. The van der Waals surface area contributed by atoms with E-state index in [0.717, 1.165) is 5.56 Å². The van der Waals surface area contributed by atoms with Gasteiger partial charge in [0.15, 0.2) is 0 Å². The number of carbonyl (C=O) groups is 1. The molecule has 0 bridgehead atoms. The minimum absolute atomic E-state index is 0.319. The summed E-state index contributed by atoms with van der Waals surface area (Å²) in [4.78, 5) is 12.2. The average molecular weight is 317 g/mol. The van der Waals surface area contributed by atoms with Gasteiger partial charge in [0.2, 0.25) is 0 Å². The van der Waals surface area contributed by atoms with Gasteiger partial charge in [-0.1, -0.05) is 0 Å². The molecule has 2 heterocycles. The Balaban J connectivity index is 1.89. The molecule has 1 aliphatic rings. The number of aromatic nitrogens is 2. The highest BCUT2D eigenvalue weighted by Gasteiger charge is 2.46. The number of ether oxygens (including phenoxy) is 3. The van der Waals surface area contributed by atoms with Gasteiger partial charge in [0, 0.05) is 18.2 Å². The Bertz CT molecular complexity index is 701. The first-order valence-corrected chi connectivity index (χ1v) is 7.27. The summed E-state index contributed by atoms with van der Waals surface area (Å²) >= 11 is 0. The lowest BCUT2D eigenvalue weighted by Crippen LogP contribution is -2.25. The van der Waals surface area contributed by atoms with Gasteiger partial charge < -0.3 is 19.5 Å². The Morgan fingerprint density at radius 3 is 2.83 bits per heavy atom. The first-order chi connectivity index (χ1) is 11.1. The van der Waals surface area contributed by atoms with Crippen LogP contribution in [0.3, 0.4) is 0 Å². The van der Waals surface area contributed by atoms with Crippen molar-refractivity contribution in [3.63, 3.8) is 0 Å². The maximum absolute atomic E-state index is 12.2. The van der Waals surface area contributed by atoms with E-state index in [1.54, 1.807) is 26.5 Å². The molecule has 1 fully saturated rings. The summed E-state index contributed by atoms with van der Waals surface area (Å²) in [6.45, 7) is 1.87. The van der Waals surface area contributed by atoms with Gasteiger partial charge in [-0.2, -0.15) is 5.10 Å². The Hall–Kier alpha value is -2.70. The van der Waals surface area contributed by atoms with Crippen LogP contribution < -0.4 is 14.8 Å². The van der Waals surface area contributed by atoms with Crippen molar-refractivity contribution in [3.8, 4) is 11.5 Å². The van der Waals surface area contributed by atoms with Gasteiger partial charge in [-0.3, -0.25) is 5.10 Å². The number of esters is 1. The molecule has 1 aliphatic heterocycles. The minimum atomic E-state index is -0.801. The number of anilines is 1. The number of hydrogen-bond acceptors (Lipinski definition) is 6. The van der Waals surface area contributed by atoms with Crippen LogP contribution in [0.5, 0.6) is 11.5 Å². The Morgan fingerprint density at radius 2 is 2.17 bits per heavy atom. The fourth-order valence-electron chi connectivity index (χ4n) is 2.83. The smallest absolute Gasteiger partial charge is 0.329 e. The van der Waals surface area contributed by atoms with Crippen molar-refractivity contribution in [2.75, 3.05) is 19.5 Å². The Kier molecular flexibility index (Phi) is 3.85. The molecule has 0 radical (unpaired) electrons. The summed E-state index contributed by atoms with van der Waals surface area (Å²) in [7, 11) is 3.18. The van der Waals surface area contributed by atoms with Gasteiger partial charge in [-0.25, -0.2) is 4.79 Å². The summed E-state index contributed by atoms with van der Waals surface area (Å²) in [5, 5.41) is 9.78. The SMILES string of the molecule is COc1ccc(OC)c(C2(C)CC(Nc3cc[nH]n3)C(=O)O2)c1. The molecule has 2 aromatic rings. The average Bonchev–Trinajstić information content (AvgIpc) is 3.16. The number of nitrogens with zero attached hydrogens (tertiary/aromatic N) is 1. The van der Waals surface area contributed by atoms with Crippen LogP contribution in [-0.2, 0) is 15.1 Å². The predicted octanol–water partition coefficient (Wildman–Crippen LogP) is 2.07. The molecule has 0 spiro atoms. The van der Waals surface area contributed by atoms with Crippen molar-refractivity contribution in [3.05, 3.63) is 36.0 Å². The highest BCUT2D eigenvalue weighted by molar-refractivity contribution is 5.82. The van der Waals surface area contributed by atoms with Crippen molar-refractivity contribution < 1.29 is 19.0 Å². The van der Waals surface area contributed by atoms with E-state index >= 15 is 0 Å². The second kappa shape index (κ2) is 5.83. The molecule has 0 saturated carbocycles. The first-order valence-electron chi connectivity index (χ1n) is 7.27. The number of hydrogen-bond donors (Lipinski definition) is 2. The molecule has 1 saturated heterocycles. The van der Waals surface area contributed by atoms with Crippen LogP contribution in [0.2, 0.25) is 0 Å². The molecule has 0 amide bonds. The summed E-state index contributed by atoms with van der Waals surface area (Å²) in [5.41, 5.74) is -0.0238. The molecular weight excluding hydrogens is 298 g/mol. The van der Waals surface area contributed by atoms with Gasteiger partial charge in [0.25, 0.3) is 0 Å². The maximum Gasteiger partial charge on any atom is 0.329 e. The molecule has 23 heavy (non-hydrogen) atoms. The Labute approximate surface area is 133 Å². The van der Waals surface area contributed by atoms with Crippen molar-refractivity contribution in [2.24, 2.45) is 0 Å². The molecule has 2 atom stereocenters. The largest absolute Gasteiger partial charge is 0.497 e. The summed E-state index contributed by atoms with van der Waals surface area (Å²) in [5.74, 6) is 1.62. The van der Waals surface area contributed by atoms with Crippen LogP contribution in [0.4, 0.5) is 5.82 Å². The number of rotatable bonds is 5. The highest BCUT2D eigenvalue weighted by atomic mass is 16.6. The van der Waals surface area contributed by atoms with Gasteiger partial charge >= 0.3 is 5.97 Å². The van der Waals surface area contributed by atoms with Gasteiger partial charge in [-0.15, -0.1) is 0 Å². The molecule has 7 heteroatoms. The van der Waals surface area contributed by atoms with Crippen LogP contribution in [0.1, 0.15) is 18.9 Å². The third-order valence-electron chi connectivity index (χ3n) is 4.00. The minimum Gasteiger partial charge on any atom is -0.497 e. The zero-order valence-electron chi connectivity index (χ0n) is 13.3. The van der Waals surface area contributed by atoms with E-state index in [4.69, 9.17) is 14.2 Å². The van der Waals surface area contributed by atoms with E-state index in [2.05, 4.69) is 15.5 Å². The molecule has 3 rings (SSSR count). The van der Waals surface area contributed by atoms with Crippen LogP contribution in [0.15, 0.2) is 30.5 Å². The lowest BCUT2D eigenvalue weighted by atomic mass is 9.90. The fourth-order valence-corrected chi connectivity index (χ4v) is 2.83. The van der Waals surface area contributed by atoms with Gasteiger partial charge in [0.1, 0.15) is 29.0 Å². The quantitative estimate of drug-likeness (QED) is 0.821. The summed E-state index contributed by atoms with van der Waals surface area (Å²) in [6, 6.07) is 6.74. The van der Waals surface area contributed by atoms with Crippen LogP contribution >= 0.6 is 0 Å². The molecule has 1 aromatic carbocycles. The molecule has 7 nitrogen and oxygen atoms in total. The number of nitrogens with one attached hydrogen (secondary N) is 2. The van der Waals surface area contributed by atoms with E-state index in [1.807, 2.05) is 25.1 Å². The van der Waals surface area contributed by atoms with E-state index < -0.39 is 11.6 Å². The van der Waals surface area contributed by atoms with Crippen molar-refractivity contribution >= 4 is 11.8 Å². The van der Waals surface area contributed by atoms with E-state index in [1.165, 1.54) is 0 Å². The lowest BCUT2D eigenvalue weighted by molar-refractivity contribution is -0.148. The predicted molar refractivity (Wildman–Crippen MR) is 83.6 cm³/mol. The lowest BCUT2D eigenvalue weighted by Gasteiger charge is -2.25. The number of carbonyl (C=O) groups excluding carboxylic acids is 1. The third kappa shape index (κ3) is 2.81. The van der Waals surface area contributed by atoms with Crippen LogP contribution in [0, 0.1) is 0 Å². The second-order valence-electron chi connectivity index (χ2n) is 5.58. The van der Waals surface area contributed by atoms with Crippen LogP contribution in [-0.4, -0.2) is 36.4 Å². The standard InChI is InChI=1S/C16H19N3O4/c1-16(11-8-10(21-2)4-5-13(11)22-3)9-12(15(20)23-16)18-14-6-7-17-19-14/h4-8,12H,9H2,1-3H3,(H2,17,18,19). The fraction of sp³-hybridized carbons (Fsp3) is 0.375. The number of cyclic esters (lactones) is 1. The highest BCUT2D eigenvalue weighted by Crippen LogP contribution is 2.43. The number of H-pyrrole nitrogens is 1. The van der Waals surface area contributed by atoms with Crippen molar-refractivity contribution in [1.82, 2.24) is 10.2 Å². The number of benzene rings is 1. The molecular formula is C16H19N3O4. The molecule has 2 N–H and O–H groups in total. The van der Waals surface area contributed by atoms with E-state index in [0.29, 0.717) is 23.7 Å². The van der Waals surface area contributed by atoms with Crippen molar-refractivity contribution in [1.29, 1.82) is 0 Å². The normalized spacial score (nSPS) is 23.4. The molecule has 122 valence electrons. The zero-order chi connectivity index (χ0) is 16.4. The molecule has 0 aliphatic carbocycles. The maximum atomic E-state index is 12.2. The molecule has 2 unspecified atom stereocenters. The van der Waals surface area contributed by atoms with E-state index in [-0.39, 0.29) is 5.97 Å². The monoisotopic (exact) mass is 317 g/mol. The summed E-state index contributed by atoms with van der Waals surface area (Å²) < 4.78 is 16.3. The number of aromatic amines is 1. The topological polar surface area (TPSA) is 85.5 Å². The van der Waals surface area contributed by atoms with Gasteiger partial charge in [0.05, 0.1) is 14.2 Å². The Morgan fingerprint density at radius 1 is 1.35 bits per heavy atom. The van der Waals surface area contributed by atoms with E-state index in [9.17, 15) is 4.79 Å². The second-order valence-corrected chi connectivity index (χ2v) is 5.58.